The first kappa shape index (κ1) is 21.6. The molecule has 0 aliphatic rings. The van der Waals surface area contributed by atoms with Crippen molar-refractivity contribution in [2.45, 2.75) is 12.5 Å². The van der Waals surface area contributed by atoms with E-state index >= 15 is 0 Å². The summed E-state index contributed by atoms with van der Waals surface area (Å²) in [6.07, 6.45) is 5.85. The fourth-order valence-corrected chi connectivity index (χ4v) is 3.91. The number of aromatic nitrogens is 4. The Morgan fingerprint density at radius 1 is 1.16 bits per heavy atom. The summed E-state index contributed by atoms with van der Waals surface area (Å²) in [6, 6.07) is 12.1. The number of pyridine rings is 2. The lowest BCUT2D eigenvalue weighted by Gasteiger charge is -2.17. The Hall–Kier alpha value is -3.66. The number of para-hydroxylation sites is 1. The van der Waals surface area contributed by atoms with E-state index in [0.717, 1.165) is 5.75 Å². The Bertz CT molecular complexity index is 1330. The van der Waals surface area contributed by atoms with E-state index in [1.54, 1.807) is 36.0 Å². The standard InChI is InChI=1S/C22H22N6O3S/c1-32-11-9-17(21-27-26-18-8-4-5-10-28(18)21)25-19(29)13-24-22(31)15-12-23-16-7-3-2-6-14(16)20(15)30/h2-8,10,12,17H,9,11,13H2,1H3,(H,23,30)(H,24,31)(H,25,29). The summed E-state index contributed by atoms with van der Waals surface area (Å²) in [4.78, 5) is 40.7. The molecule has 0 saturated heterocycles. The number of carbonyl (C=O) groups excluding carboxylic acids is 2. The molecule has 32 heavy (non-hydrogen) atoms. The van der Waals surface area contributed by atoms with Crippen molar-refractivity contribution in [1.82, 2.24) is 30.2 Å². The number of carbonyl (C=O) groups is 2. The zero-order valence-corrected chi connectivity index (χ0v) is 18.2. The Labute approximate surface area is 187 Å². The second-order valence-electron chi connectivity index (χ2n) is 7.15. The molecule has 4 rings (SSSR count). The van der Waals surface area contributed by atoms with Gasteiger partial charge in [-0.25, -0.2) is 0 Å². The third-order valence-corrected chi connectivity index (χ3v) is 5.68. The molecule has 1 unspecified atom stereocenters. The number of amides is 2. The van der Waals surface area contributed by atoms with E-state index in [2.05, 4.69) is 25.8 Å². The van der Waals surface area contributed by atoms with Crippen LogP contribution in [0.1, 0.15) is 28.6 Å². The van der Waals surface area contributed by atoms with Crippen molar-refractivity contribution in [2.24, 2.45) is 0 Å². The van der Waals surface area contributed by atoms with Crippen molar-refractivity contribution in [3.05, 3.63) is 76.5 Å². The molecular formula is C22H22N6O3S. The van der Waals surface area contributed by atoms with Crippen molar-refractivity contribution in [1.29, 1.82) is 0 Å². The van der Waals surface area contributed by atoms with Gasteiger partial charge in [0.05, 0.1) is 12.6 Å². The number of nitrogens with one attached hydrogen (secondary N) is 3. The maximum absolute atomic E-state index is 12.6. The van der Waals surface area contributed by atoms with Crippen LogP contribution in [-0.4, -0.2) is 49.9 Å². The molecule has 2 amide bonds. The minimum absolute atomic E-state index is 0.0427. The number of fused-ring (bicyclic) bond motifs is 2. The number of rotatable bonds is 8. The molecule has 0 aliphatic heterocycles. The molecule has 3 N–H and O–H groups in total. The molecule has 1 aromatic carbocycles. The van der Waals surface area contributed by atoms with Gasteiger partial charge in [0, 0.05) is 23.3 Å². The Morgan fingerprint density at radius 2 is 1.97 bits per heavy atom. The molecule has 0 fully saturated rings. The van der Waals surface area contributed by atoms with Gasteiger partial charge in [-0.15, -0.1) is 10.2 Å². The highest BCUT2D eigenvalue weighted by Gasteiger charge is 2.21. The van der Waals surface area contributed by atoms with E-state index < -0.39 is 5.91 Å². The smallest absolute Gasteiger partial charge is 0.257 e. The maximum atomic E-state index is 12.6. The molecule has 9 nitrogen and oxygen atoms in total. The lowest BCUT2D eigenvalue weighted by molar-refractivity contribution is -0.121. The van der Waals surface area contributed by atoms with E-state index in [1.165, 1.54) is 6.20 Å². The largest absolute Gasteiger partial charge is 0.360 e. The molecule has 0 radical (unpaired) electrons. The molecule has 0 saturated carbocycles. The first-order chi connectivity index (χ1) is 15.6. The first-order valence-corrected chi connectivity index (χ1v) is 11.4. The minimum atomic E-state index is -0.610. The van der Waals surface area contributed by atoms with Gasteiger partial charge in [-0.05, 0) is 42.7 Å². The topological polar surface area (TPSA) is 121 Å². The molecule has 4 aromatic rings. The lowest BCUT2D eigenvalue weighted by Crippen LogP contribution is -2.40. The summed E-state index contributed by atoms with van der Waals surface area (Å²) in [5.41, 5.74) is 0.905. The molecule has 0 bridgehead atoms. The molecule has 164 valence electrons. The lowest BCUT2D eigenvalue weighted by atomic mass is 10.1. The summed E-state index contributed by atoms with van der Waals surface area (Å²) >= 11 is 1.66. The van der Waals surface area contributed by atoms with E-state index in [1.807, 2.05) is 35.1 Å². The van der Waals surface area contributed by atoms with Crippen LogP contribution in [0.15, 0.2) is 59.7 Å². The number of aromatic amines is 1. The van der Waals surface area contributed by atoms with Crippen LogP contribution in [0.5, 0.6) is 0 Å². The van der Waals surface area contributed by atoms with Gasteiger partial charge in [-0.1, -0.05) is 18.2 Å². The van der Waals surface area contributed by atoms with Crippen molar-refractivity contribution in [3.8, 4) is 0 Å². The van der Waals surface area contributed by atoms with E-state index in [4.69, 9.17) is 0 Å². The molecule has 3 aromatic heterocycles. The quantitative estimate of drug-likeness (QED) is 0.377. The number of thioether (sulfide) groups is 1. The van der Waals surface area contributed by atoms with Crippen molar-refractivity contribution >= 4 is 40.1 Å². The molecule has 1 atom stereocenters. The Balaban J connectivity index is 1.45. The summed E-state index contributed by atoms with van der Waals surface area (Å²) in [6.45, 7) is -0.266. The first-order valence-electron chi connectivity index (χ1n) is 10.0. The van der Waals surface area contributed by atoms with Gasteiger partial charge < -0.3 is 15.6 Å². The highest BCUT2D eigenvalue weighted by atomic mass is 32.2. The average Bonchev–Trinajstić information content (AvgIpc) is 3.25. The predicted octanol–water partition coefficient (Wildman–Crippen LogP) is 1.91. The number of hydrogen-bond acceptors (Lipinski definition) is 6. The second-order valence-corrected chi connectivity index (χ2v) is 8.13. The monoisotopic (exact) mass is 450 g/mol. The summed E-state index contributed by atoms with van der Waals surface area (Å²) < 4.78 is 1.83. The average molecular weight is 451 g/mol. The fraction of sp³-hybridized carbons (Fsp3) is 0.227. The highest BCUT2D eigenvalue weighted by Crippen LogP contribution is 2.18. The van der Waals surface area contributed by atoms with Crippen LogP contribution >= 0.6 is 11.8 Å². The molecule has 3 heterocycles. The van der Waals surface area contributed by atoms with Crippen LogP contribution in [0, 0.1) is 0 Å². The third-order valence-electron chi connectivity index (χ3n) is 5.04. The minimum Gasteiger partial charge on any atom is -0.360 e. The zero-order chi connectivity index (χ0) is 22.5. The van der Waals surface area contributed by atoms with E-state index in [9.17, 15) is 14.4 Å². The van der Waals surface area contributed by atoms with Crippen LogP contribution in [0.4, 0.5) is 0 Å². The van der Waals surface area contributed by atoms with Gasteiger partial charge in [0.1, 0.15) is 5.56 Å². The van der Waals surface area contributed by atoms with Gasteiger partial charge in [0.25, 0.3) is 5.91 Å². The van der Waals surface area contributed by atoms with Gasteiger partial charge in [0.2, 0.25) is 11.3 Å². The fourth-order valence-electron chi connectivity index (χ4n) is 3.44. The number of H-pyrrole nitrogens is 1. The highest BCUT2D eigenvalue weighted by molar-refractivity contribution is 7.98. The normalized spacial score (nSPS) is 12.0. The van der Waals surface area contributed by atoms with Gasteiger partial charge >= 0.3 is 0 Å². The molecular weight excluding hydrogens is 428 g/mol. The van der Waals surface area contributed by atoms with Crippen molar-refractivity contribution in [2.75, 3.05) is 18.6 Å². The molecule has 0 spiro atoms. The number of benzene rings is 1. The molecule has 0 aliphatic carbocycles. The second kappa shape index (κ2) is 9.65. The van der Waals surface area contributed by atoms with Crippen LogP contribution in [0.2, 0.25) is 0 Å². The van der Waals surface area contributed by atoms with Gasteiger partial charge in [-0.2, -0.15) is 11.8 Å². The van der Waals surface area contributed by atoms with Gasteiger partial charge in [-0.3, -0.25) is 18.8 Å². The Kier molecular flexibility index (Phi) is 6.50. The van der Waals surface area contributed by atoms with Gasteiger partial charge in [0.15, 0.2) is 11.5 Å². The zero-order valence-electron chi connectivity index (χ0n) is 17.4. The third kappa shape index (κ3) is 4.50. The van der Waals surface area contributed by atoms with Crippen LogP contribution in [-0.2, 0) is 4.79 Å². The van der Waals surface area contributed by atoms with E-state index in [-0.39, 0.29) is 29.5 Å². The number of hydrogen-bond donors (Lipinski definition) is 3. The molecule has 10 heteroatoms. The van der Waals surface area contributed by atoms with Crippen LogP contribution in [0.3, 0.4) is 0 Å². The SMILES string of the molecule is CSCCC(NC(=O)CNC(=O)c1c[nH]c2ccccc2c1=O)c1nnc2ccccn12. The predicted molar refractivity (Wildman–Crippen MR) is 124 cm³/mol. The van der Waals surface area contributed by atoms with Crippen LogP contribution < -0.4 is 16.1 Å². The summed E-state index contributed by atoms with van der Waals surface area (Å²) in [5, 5.41) is 14.3. The van der Waals surface area contributed by atoms with Crippen LogP contribution in [0.25, 0.3) is 16.6 Å². The maximum Gasteiger partial charge on any atom is 0.257 e. The number of nitrogens with zero attached hydrogens (tertiary/aromatic N) is 3. The van der Waals surface area contributed by atoms with Crippen molar-refractivity contribution < 1.29 is 9.59 Å². The summed E-state index contributed by atoms with van der Waals surface area (Å²) in [5.74, 6) is 0.446. The van der Waals surface area contributed by atoms with E-state index in [0.29, 0.717) is 28.8 Å². The summed E-state index contributed by atoms with van der Waals surface area (Å²) in [7, 11) is 0. The Morgan fingerprint density at radius 3 is 2.81 bits per heavy atom. The van der Waals surface area contributed by atoms with Crippen molar-refractivity contribution in [3.63, 3.8) is 0 Å².